The van der Waals surface area contributed by atoms with E-state index in [4.69, 9.17) is 9.15 Å². The first-order chi connectivity index (χ1) is 14.1. The van der Waals surface area contributed by atoms with Gasteiger partial charge in [0.25, 0.3) is 0 Å². The summed E-state index contributed by atoms with van der Waals surface area (Å²) in [5.41, 5.74) is 1.68. The summed E-state index contributed by atoms with van der Waals surface area (Å²) in [6, 6.07) is 17.6. The lowest BCUT2D eigenvalue weighted by atomic mass is 10.1. The predicted octanol–water partition coefficient (Wildman–Crippen LogP) is 5.66. The van der Waals surface area contributed by atoms with E-state index in [1.165, 1.54) is 12.3 Å². The van der Waals surface area contributed by atoms with Crippen LogP contribution in [-0.2, 0) is 11.3 Å². The number of halogens is 2. The highest BCUT2D eigenvalue weighted by atomic mass is 79.9. The largest absolute Gasteiger partial charge is 0.455 e. The van der Waals surface area contributed by atoms with Crippen molar-refractivity contribution in [2.45, 2.75) is 6.61 Å². The Morgan fingerprint density at radius 1 is 1.03 bits per heavy atom. The number of nitrogens with zero attached hydrogens (tertiary/aromatic N) is 2. The highest BCUT2D eigenvalue weighted by Crippen LogP contribution is 2.28. The number of hydrogen-bond acceptors (Lipinski definition) is 5. The molecule has 7 heteroatoms. The molecule has 0 aliphatic carbocycles. The van der Waals surface area contributed by atoms with Crippen LogP contribution in [0.5, 0.6) is 0 Å². The molecule has 2 aromatic heterocycles. The molecule has 0 aliphatic heterocycles. The van der Waals surface area contributed by atoms with Gasteiger partial charge in [0.15, 0.2) is 5.76 Å². The molecule has 144 valence electrons. The molecule has 2 aromatic carbocycles. The third kappa shape index (κ3) is 4.25. The zero-order chi connectivity index (χ0) is 20.2. The normalized spacial score (nSPS) is 10.7. The molecule has 29 heavy (non-hydrogen) atoms. The van der Waals surface area contributed by atoms with E-state index in [0.29, 0.717) is 21.7 Å². The Balaban J connectivity index is 1.57. The average molecular weight is 453 g/mol. The Morgan fingerprint density at radius 2 is 1.79 bits per heavy atom. The molecular weight excluding hydrogens is 439 g/mol. The Morgan fingerprint density at radius 3 is 2.59 bits per heavy atom. The first-order valence-corrected chi connectivity index (χ1v) is 9.49. The number of oxazole rings is 1. The van der Waals surface area contributed by atoms with E-state index in [1.807, 2.05) is 30.3 Å². The number of carbonyl (C=O) groups excluding carboxylic acids is 1. The molecule has 2 heterocycles. The summed E-state index contributed by atoms with van der Waals surface area (Å²) in [4.78, 5) is 20.8. The number of ether oxygens (including phenoxy) is 1. The lowest BCUT2D eigenvalue weighted by Crippen LogP contribution is -2.09. The smallest absolute Gasteiger partial charge is 0.339 e. The maximum atomic E-state index is 13.9. The summed E-state index contributed by atoms with van der Waals surface area (Å²) in [7, 11) is 0. The van der Waals surface area contributed by atoms with Gasteiger partial charge in [0.05, 0.1) is 17.3 Å². The number of pyridine rings is 1. The van der Waals surface area contributed by atoms with Crippen molar-refractivity contribution in [2.24, 2.45) is 0 Å². The molecule has 0 fully saturated rings. The lowest BCUT2D eigenvalue weighted by Gasteiger charge is -2.08. The van der Waals surface area contributed by atoms with Crippen LogP contribution in [0.4, 0.5) is 4.39 Å². The fourth-order valence-electron chi connectivity index (χ4n) is 2.74. The van der Waals surface area contributed by atoms with E-state index in [9.17, 15) is 9.18 Å². The van der Waals surface area contributed by atoms with Crippen LogP contribution in [0.1, 0.15) is 16.1 Å². The summed E-state index contributed by atoms with van der Waals surface area (Å²) in [6.45, 7) is -0.285. The fraction of sp³-hybridized carbons (Fsp3) is 0.0455. The molecule has 0 unspecified atom stereocenters. The molecule has 0 radical (unpaired) electrons. The third-order valence-corrected chi connectivity index (χ3v) is 4.60. The van der Waals surface area contributed by atoms with Gasteiger partial charge in [-0.05, 0) is 34.1 Å². The zero-order valence-electron chi connectivity index (χ0n) is 15.0. The quantitative estimate of drug-likeness (QED) is 0.365. The van der Waals surface area contributed by atoms with Gasteiger partial charge in [-0.1, -0.05) is 42.5 Å². The van der Waals surface area contributed by atoms with E-state index >= 15 is 0 Å². The van der Waals surface area contributed by atoms with Gasteiger partial charge < -0.3 is 9.15 Å². The second-order valence-electron chi connectivity index (χ2n) is 6.10. The third-order valence-electron chi connectivity index (χ3n) is 4.17. The van der Waals surface area contributed by atoms with Crippen LogP contribution < -0.4 is 0 Å². The minimum absolute atomic E-state index is 0.0431. The van der Waals surface area contributed by atoms with Crippen LogP contribution in [0.3, 0.4) is 0 Å². The fourth-order valence-corrected chi connectivity index (χ4v) is 3.05. The monoisotopic (exact) mass is 452 g/mol. The minimum Gasteiger partial charge on any atom is -0.455 e. The maximum Gasteiger partial charge on any atom is 0.339 e. The van der Waals surface area contributed by atoms with Crippen LogP contribution >= 0.6 is 15.9 Å². The SMILES string of the molecule is O=C(OCc1ncc(Br)cc1F)c1ccccc1-c1ncc(-c2ccccc2)o1. The van der Waals surface area contributed by atoms with Gasteiger partial charge >= 0.3 is 5.97 Å². The number of carbonyl (C=O) groups is 1. The number of esters is 1. The number of benzene rings is 2. The molecule has 0 bridgehead atoms. The van der Waals surface area contributed by atoms with Crippen molar-refractivity contribution in [1.29, 1.82) is 0 Å². The Hall–Kier alpha value is -3.32. The molecule has 4 rings (SSSR count). The van der Waals surface area contributed by atoms with Crippen molar-refractivity contribution < 1.29 is 18.3 Å². The van der Waals surface area contributed by atoms with Crippen LogP contribution in [0, 0.1) is 5.82 Å². The summed E-state index contributed by atoms with van der Waals surface area (Å²) in [5.74, 6) is -0.293. The summed E-state index contributed by atoms with van der Waals surface area (Å²) in [5, 5.41) is 0. The molecule has 4 aromatic rings. The van der Waals surface area contributed by atoms with E-state index in [0.717, 1.165) is 5.56 Å². The van der Waals surface area contributed by atoms with Crippen LogP contribution in [0.2, 0.25) is 0 Å². The molecule has 0 spiro atoms. The minimum atomic E-state index is -0.621. The van der Waals surface area contributed by atoms with E-state index in [1.54, 1.807) is 30.5 Å². The first kappa shape index (κ1) is 19.0. The summed E-state index contributed by atoms with van der Waals surface area (Å²) in [6.07, 6.45) is 3.05. The van der Waals surface area contributed by atoms with E-state index in [-0.39, 0.29) is 17.9 Å². The standard InChI is InChI=1S/C22H14BrFN2O3/c23-15-10-18(24)19(25-11-15)13-28-22(27)17-9-5-4-8-16(17)21-26-12-20(29-21)14-6-2-1-3-7-14/h1-12H,13H2. The molecule has 0 atom stereocenters. The Bertz CT molecular complexity index is 1160. The summed E-state index contributed by atoms with van der Waals surface area (Å²) < 4.78 is 25.5. The van der Waals surface area contributed by atoms with E-state index in [2.05, 4.69) is 25.9 Å². The van der Waals surface area contributed by atoms with Gasteiger partial charge in [0.1, 0.15) is 18.1 Å². The molecule has 0 N–H and O–H groups in total. The average Bonchev–Trinajstić information content (AvgIpc) is 3.24. The Kier molecular flexibility index (Phi) is 5.48. The van der Waals surface area contributed by atoms with E-state index < -0.39 is 11.8 Å². The summed E-state index contributed by atoms with van der Waals surface area (Å²) >= 11 is 3.14. The van der Waals surface area contributed by atoms with Crippen LogP contribution in [0.25, 0.3) is 22.8 Å². The van der Waals surface area contributed by atoms with Gasteiger partial charge in [0.2, 0.25) is 5.89 Å². The molecule has 5 nitrogen and oxygen atoms in total. The lowest BCUT2D eigenvalue weighted by molar-refractivity contribution is 0.0464. The highest BCUT2D eigenvalue weighted by molar-refractivity contribution is 9.10. The Labute approximate surface area is 174 Å². The van der Waals surface area contributed by atoms with Crippen molar-refractivity contribution in [3.63, 3.8) is 0 Å². The molecule has 0 saturated carbocycles. The topological polar surface area (TPSA) is 65.2 Å². The number of aromatic nitrogens is 2. The van der Waals surface area contributed by atoms with Crippen molar-refractivity contribution in [3.05, 3.63) is 94.6 Å². The van der Waals surface area contributed by atoms with Crippen molar-refractivity contribution in [3.8, 4) is 22.8 Å². The molecule has 0 amide bonds. The first-order valence-electron chi connectivity index (χ1n) is 8.69. The van der Waals surface area contributed by atoms with Gasteiger partial charge in [-0.3, -0.25) is 4.98 Å². The van der Waals surface area contributed by atoms with Crippen molar-refractivity contribution in [2.75, 3.05) is 0 Å². The van der Waals surface area contributed by atoms with Gasteiger partial charge in [-0.15, -0.1) is 0 Å². The highest BCUT2D eigenvalue weighted by Gasteiger charge is 2.19. The van der Waals surface area contributed by atoms with Crippen LogP contribution in [-0.4, -0.2) is 15.9 Å². The zero-order valence-corrected chi connectivity index (χ0v) is 16.6. The molecule has 0 aliphatic rings. The maximum absolute atomic E-state index is 13.9. The number of hydrogen-bond donors (Lipinski definition) is 0. The molecule has 0 saturated heterocycles. The molecular formula is C22H14BrFN2O3. The van der Waals surface area contributed by atoms with Crippen molar-refractivity contribution >= 4 is 21.9 Å². The second-order valence-corrected chi connectivity index (χ2v) is 7.02. The second kappa shape index (κ2) is 8.36. The van der Waals surface area contributed by atoms with Gasteiger partial charge in [-0.2, -0.15) is 0 Å². The van der Waals surface area contributed by atoms with Crippen LogP contribution in [0.15, 0.2) is 81.9 Å². The van der Waals surface area contributed by atoms with Crippen molar-refractivity contribution in [1.82, 2.24) is 9.97 Å². The predicted molar refractivity (Wildman–Crippen MR) is 108 cm³/mol. The van der Waals surface area contributed by atoms with Gasteiger partial charge in [-0.25, -0.2) is 14.2 Å². The van der Waals surface area contributed by atoms with Gasteiger partial charge in [0, 0.05) is 16.2 Å². The number of rotatable bonds is 5.